The van der Waals surface area contributed by atoms with E-state index in [4.69, 9.17) is 23.7 Å². The third kappa shape index (κ3) is 5.90. The summed E-state index contributed by atoms with van der Waals surface area (Å²) in [6.07, 6.45) is -0.416. The number of carboxylic acids is 1. The van der Waals surface area contributed by atoms with Crippen LogP contribution < -0.4 is 24.8 Å². The highest BCUT2D eigenvalue weighted by atomic mass is 32.2. The predicted molar refractivity (Wildman–Crippen MR) is 191 cm³/mol. The Kier molecular flexibility index (Phi) is 8.75. The van der Waals surface area contributed by atoms with E-state index in [2.05, 4.69) is 10.6 Å². The van der Waals surface area contributed by atoms with Gasteiger partial charge in [-0.2, -0.15) is 23.5 Å². The van der Waals surface area contributed by atoms with Crippen LogP contribution in [0.15, 0.2) is 66.7 Å². The minimum absolute atomic E-state index is 0.162. The number of rotatable bonds is 7. The van der Waals surface area contributed by atoms with E-state index in [1.165, 1.54) is 23.5 Å². The Morgan fingerprint density at radius 3 is 2.42 bits per heavy atom. The van der Waals surface area contributed by atoms with Crippen LogP contribution in [0, 0.1) is 6.92 Å². The zero-order valence-electron chi connectivity index (χ0n) is 27.7. The van der Waals surface area contributed by atoms with Crippen LogP contribution in [0.3, 0.4) is 0 Å². The Morgan fingerprint density at radius 1 is 0.904 bits per heavy atom. The first-order chi connectivity index (χ1) is 25.0. The quantitative estimate of drug-likeness (QED) is 0.103. The summed E-state index contributed by atoms with van der Waals surface area (Å²) in [7, 11) is 0. The van der Waals surface area contributed by atoms with E-state index in [1.807, 2.05) is 24.3 Å². The summed E-state index contributed by atoms with van der Waals surface area (Å²) in [6, 6.07) is 18.5. The molecule has 4 aliphatic rings. The molecule has 5 unspecified atom stereocenters. The SMILES string of the molecule is Cc1c(OC2(O)CCSCC(OC=O)N2)ccc2c1Oc1c(ccc3cc(OC4(O)CCSCC(C(=O)O)N4)ccc13)C21OC(=O)c2ccccc21. The van der Waals surface area contributed by atoms with Gasteiger partial charge in [-0.05, 0) is 54.8 Å². The fraction of sp³-hybridized carbons (Fsp3) is 0.324. The number of hydrogen-bond donors (Lipinski definition) is 5. The van der Waals surface area contributed by atoms with Crippen molar-refractivity contribution >= 4 is 52.7 Å². The van der Waals surface area contributed by atoms with Gasteiger partial charge in [0.05, 0.1) is 5.56 Å². The summed E-state index contributed by atoms with van der Waals surface area (Å²) in [5.41, 5.74) is 1.35. The van der Waals surface area contributed by atoms with Gasteiger partial charge in [-0.1, -0.05) is 24.3 Å². The fourth-order valence-electron chi connectivity index (χ4n) is 7.16. The van der Waals surface area contributed by atoms with Crippen LogP contribution in [0.4, 0.5) is 0 Å². The van der Waals surface area contributed by atoms with Crippen LogP contribution in [-0.2, 0) is 24.7 Å². The molecule has 4 aliphatic heterocycles. The lowest BCUT2D eigenvalue weighted by molar-refractivity contribution is -0.188. The first kappa shape index (κ1) is 34.6. The van der Waals surface area contributed by atoms with Gasteiger partial charge >= 0.3 is 11.9 Å². The molecule has 4 heterocycles. The highest BCUT2D eigenvalue weighted by Gasteiger charge is 2.54. The molecule has 5 N–H and O–H groups in total. The van der Waals surface area contributed by atoms with Gasteiger partial charge in [0, 0.05) is 63.5 Å². The molecule has 270 valence electrons. The zero-order chi connectivity index (χ0) is 36.3. The van der Waals surface area contributed by atoms with Gasteiger partial charge in [0.1, 0.15) is 29.0 Å². The topological polar surface area (TPSA) is 182 Å². The first-order valence-corrected chi connectivity index (χ1v) is 18.9. The second kappa shape index (κ2) is 13.2. The molecule has 1 spiro atoms. The molecule has 0 aliphatic carbocycles. The van der Waals surface area contributed by atoms with Crippen LogP contribution >= 0.6 is 23.5 Å². The maximum atomic E-state index is 13.5. The van der Waals surface area contributed by atoms with E-state index in [0.29, 0.717) is 85.3 Å². The molecule has 2 saturated heterocycles. The Labute approximate surface area is 305 Å². The van der Waals surface area contributed by atoms with Gasteiger partial charge in [0.25, 0.3) is 18.3 Å². The number of aliphatic carboxylic acids is 1. The summed E-state index contributed by atoms with van der Waals surface area (Å²) in [4.78, 5) is 36.3. The molecule has 5 atom stereocenters. The number of thioether (sulfide) groups is 2. The lowest BCUT2D eigenvalue weighted by atomic mass is 9.76. The van der Waals surface area contributed by atoms with Crippen molar-refractivity contribution in [2.24, 2.45) is 0 Å². The third-order valence-corrected chi connectivity index (χ3v) is 11.7. The number of aliphatic hydroxyl groups is 2. The number of fused-ring (bicyclic) bond motifs is 8. The van der Waals surface area contributed by atoms with Crippen LogP contribution in [0.1, 0.15) is 45.5 Å². The lowest BCUT2D eigenvalue weighted by Crippen LogP contribution is -2.56. The summed E-state index contributed by atoms with van der Waals surface area (Å²) < 4.78 is 30.4. The van der Waals surface area contributed by atoms with Crippen molar-refractivity contribution in [1.29, 1.82) is 0 Å². The van der Waals surface area contributed by atoms with Crippen molar-refractivity contribution in [1.82, 2.24) is 10.6 Å². The second-order valence-corrected chi connectivity index (χ2v) is 15.2. The van der Waals surface area contributed by atoms with Crippen molar-refractivity contribution in [2.45, 2.75) is 49.5 Å². The van der Waals surface area contributed by atoms with Gasteiger partial charge in [-0.25, -0.2) is 15.4 Å². The summed E-state index contributed by atoms with van der Waals surface area (Å²) >= 11 is 2.92. The largest absolute Gasteiger partial charge is 0.480 e. The van der Waals surface area contributed by atoms with E-state index in [0.717, 1.165) is 0 Å². The highest BCUT2D eigenvalue weighted by molar-refractivity contribution is 7.99. The van der Waals surface area contributed by atoms with Crippen molar-refractivity contribution < 1.29 is 53.4 Å². The molecule has 0 bridgehead atoms. The molecule has 2 fully saturated rings. The van der Waals surface area contributed by atoms with E-state index in [9.17, 15) is 29.7 Å². The summed E-state index contributed by atoms with van der Waals surface area (Å²) in [6.45, 7) is 2.10. The molecule has 0 radical (unpaired) electrons. The number of ether oxygens (including phenoxy) is 5. The molecule has 15 heteroatoms. The molecule has 4 aromatic rings. The number of carbonyl (C=O) groups is 3. The highest BCUT2D eigenvalue weighted by Crippen LogP contribution is 2.59. The number of esters is 1. The number of nitrogens with one attached hydrogen (secondary N) is 2. The van der Waals surface area contributed by atoms with E-state index in [1.54, 1.807) is 49.4 Å². The van der Waals surface area contributed by atoms with Crippen molar-refractivity contribution in [3.8, 4) is 23.0 Å². The fourth-order valence-corrected chi connectivity index (χ4v) is 9.18. The van der Waals surface area contributed by atoms with Crippen molar-refractivity contribution in [3.63, 3.8) is 0 Å². The number of carbonyl (C=O) groups excluding carboxylic acids is 2. The number of hydrogen-bond acceptors (Lipinski definition) is 14. The van der Waals surface area contributed by atoms with Gasteiger partial charge in [0.2, 0.25) is 0 Å². The molecule has 4 aromatic carbocycles. The van der Waals surface area contributed by atoms with E-state index >= 15 is 0 Å². The summed E-state index contributed by atoms with van der Waals surface area (Å²) in [5.74, 6) is -2.23. The lowest BCUT2D eigenvalue weighted by Gasteiger charge is -2.38. The normalized spacial score (nSPS) is 27.9. The predicted octanol–water partition coefficient (Wildman–Crippen LogP) is 4.17. The molecule has 8 rings (SSSR count). The van der Waals surface area contributed by atoms with Crippen LogP contribution in [-0.4, -0.2) is 80.8 Å². The molecule has 0 saturated carbocycles. The minimum atomic E-state index is -1.91. The van der Waals surface area contributed by atoms with E-state index in [-0.39, 0.29) is 18.6 Å². The molecule has 13 nitrogen and oxygen atoms in total. The average molecular weight is 747 g/mol. The summed E-state index contributed by atoms with van der Waals surface area (Å²) in [5, 5.41) is 39.3. The van der Waals surface area contributed by atoms with E-state index < -0.39 is 41.6 Å². The molecular weight excluding hydrogens is 713 g/mol. The first-order valence-electron chi connectivity index (χ1n) is 16.6. The van der Waals surface area contributed by atoms with Crippen LogP contribution in [0.5, 0.6) is 23.0 Å². The third-order valence-electron chi connectivity index (χ3n) is 9.63. The molecule has 0 amide bonds. The molecular formula is C37H34N2O11S2. The monoisotopic (exact) mass is 746 g/mol. The maximum Gasteiger partial charge on any atom is 0.340 e. The number of benzene rings is 4. The van der Waals surface area contributed by atoms with Crippen LogP contribution in [0.2, 0.25) is 0 Å². The maximum absolute atomic E-state index is 13.5. The number of carboxylic acid groups (broad SMARTS) is 1. The standard InChI is InChI=1S/C37H34N2O11S2/c1-20-29(49-36(45)13-15-52-18-30(39-36)46-19-40)11-10-26-31(20)47-32-23-8-7-22(48-35(44)12-14-51-17-28(38-35)33(41)42)16-21(23)6-9-27(32)37(26)25-5-3-2-4-24(25)34(43)50-37/h2-11,16,19,28,30,38-39,44-45H,12-15,17-18H2,1H3,(H,41,42). The van der Waals surface area contributed by atoms with Gasteiger partial charge in [-0.15, -0.1) is 0 Å². The van der Waals surface area contributed by atoms with Crippen molar-refractivity contribution in [3.05, 3.63) is 94.5 Å². The minimum Gasteiger partial charge on any atom is -0.480 e. The Balaban J connectivity index is 1.22. The van der Waals surface area contributed by atoms with Gasteiger partial charge < -0.3 is 39.0 Å². The Morgan fingerprint density at radius 2 is 1.63 bits per heavy atom. The smallest absolute Gasteiger partial charge is 0.340 e. The zero-order valence-corrected chi connectivity index (χ0v) is 29.4. The van der Waals surface area contributed by atoms with Gasteiger partial charge in [0.15, 0.2) is 11.8 Å². The van der Waals surface area contributed by atoms with Crippen LogP contribution in [0.25, 0.3) is 10.8 Å². The van der Waals surface area contributed by atoms with Crippen molar-refractivity contribution in [2.75, 3.05) is 23.0 Å². The van der Waals surface area contributed by atoms with Gasteiger partial charge in [-0.3, -0.25) is 9.59 Å². The molecule has 52 heavy (non-hydrogen) atoms. The average Bonchev–Trinajstić information content (AvgIpc) is 3.23. The Hall–Kier alpha value is -4.51. The molecule has 0 aromatic heterocycles. The Bertz CT molecular complexity index is 2120. The second-order valence-electron chi connectivity index (χ2n) is 12.9.